The standard InChI is InChI=1S/C30H35FN4O7S/c1-5-21(2)32-30(37)27(17-22-11-7-6-8-12-22)33(19-23-13-9-10-14-25(23)31)29(36)20-34(43(4,40)41)26-18-24(35(38)39)15-16-28(26)42-3/h6-16,18,21,27H,5,17,19-20H2,1-4H3,(H,32,37)/t21-,27+/m0/s1. The molecule has 0 unspecified atom stereocenters. The monoisotopic (exact) mass is 614 g/mol. The Balaban J connectivity index is 2.14. The van der Waals surface area contributed by atoms with Crippen molar-refractivity contribution in [2.45, 2.75) is 45.3 Å². The molecule has 3 aromatic carbocycles. The first-order chi connectivity index (χ1) is 20.3. The number of ether oxygens (including phenoxy) is 1. The molecule has 3 aromatic rings. The van der Waals surface area contributed by atoms with Crippen LogP contribution >= 0.6 is 0 Å². The van der Waals surface area contributed by atoms with Crippen molar-refractivity contribution in [3.05, 3.63) is 99.9 Å². The Labute approximate surface area is 250 Å². The summed E-state index contributed by atoms with van der Waals surface area (Å²) in [6.45, 7) is 2.50. The molecule has 0 fully saturated rings. The van der Waals surface area contributed by atoms with E-state index in [-0.39, 0.29) is 36.0 Å². The number of non-ortho nitro benzene ring substituents is 1. The first-order valence-corrected chi connectivity index (χ1v) is 15.4. The maximum absolute atomic E-state index is 14.9. The van der Waals surface area contributed by atoms with Crippen molar-refractivity contribution < 1.29 is 32.1 Å². The van der Waals surface area contributed by atoms with Crippen LogP contribution in [0.5, 0.6) is 5.75 Å². The van der Waals surface area contributed by atoms with Gasteiger partial charge in [-0.1, -0.05) is 55.5 Å². The molecule has 3 rings (SSSR count). The fraction of sp³-hybridized carbons (Fsp3) is 0.333. The van der Waals surface area contributed by atoms with Crippen molar-refractivity contribution in [2.24, 2.45) is 0 Å². The lowest BCUT2D eigenvalue weighted by atomic mass is 10.0. The smallest absolute Gasteiger partial charge is 0.271 e. The van der Waals surface area contributed by atoms with Crippen molar-refractivity contribution in [3.63, 3.8) is 0 Å². The van der Waals surface area contributed by atoms with E-state index in [0.717, 1.165) is 28.9 Å². The van der Waals surface area contributed by atoms with E-state index in [0.29, 0.717) is 10.7 Å². The van der Waals surface area contributed by atoms with Gasteiger partial charge in [-0.15, -0.1) is 0 Å². The van der Waals surface area contributed by atoms with Gasteiger partial charge in [-0.3, -0.25) is 24.0 Å². The Morgan fingerprint density at radius 3 is 2.30 bits per heavy atom. The van der Waals surface area contributed by atoms with Crippen LogP contribution in [-0.2, 0) is 32.6 Å². The fourth-order valence-corrected chi connectivity index (χ4v) is 5.23. The van der Waals surface area contributed by atoms with E-state index in [1.54, 1.807) is 43.3 Å². The van der Waals surface area contributed by atoms with E-state index in [9.17, 15) is 32.5 Å². The molecule has 0 aliphatic carbocycles. The Morgan fingerprint density at radius 2 is 1.72 bits per heavy atom. The van der Waals surface area contributed by atoms with E-state index in [1.165, 1.54) is 31.4 Å². The van der Waals surface area contributed by atoms with Gasteiger partial charge >= 0.3 is 0 Å². The SMILES string of the molecule is CC[C@H](C)NC(=O)[C@@H](Cc1ccccc1)N(Cc1ccccc1F)C(=O)CN(c1cc([N+](=O)[O-])ccc1OC)S(C)(=O)=O. The molecule has 230 valence electrons. The highest BCUT2D eigenvalue weighted by Gasteiger charge is 2.35. The Bertz CT molecular complexity index is 1550. The van der Waals surface area contributed by atoms with E-state index in [4.69, 9.17) is 4.74 Å². The largest absolute Gasteiger partial charge is 0.495 e. The van der Waals surface area contributed by atoms with Crippen LogP contribution in [0.4, 0.5) is 15.8 Å². The maximum Gasteiger partial charge on any atom is 0.271 e. The van der Waals surface area contributed by atoms with Gasteiger partial charge in [0.1, 0.15) is 29.8 Å². The minimum Gasteiger partial charge on any atom is -0.495 e. The predicted molar refractivity (Wildman–Crippen MR) is 161 cm³/mol. The number of anilines is 1. The van der Waals surface area contributed by atoms with Crippen molar-refractivity contribution in [2.75, 3.05) is 24.2 Å². The highest BCUT2D eigenvalue weighted by molar-refractivity contribution is 7.92. The lowest BCUT2D eigenvalue weighted by Gasteiger charge is -2.34. The number of nitro groups is 1. The van der Waals surface area contributed by atoms with Crippen LogP contribution in [0.3, 0.4) is 0 Å². The Hall–Kier alpha value is -4.52. The number of halogens is 1. The van der Waals surface area contributed by atoms with Crippen LogP contribution in [0.15, 0.2) is 72.8 Å². The molecule has 0 aliphatic heterocycles. The molecule has 2 atom stereocenters. The summed E-state index contributed by atoms with van der Waals surface area (Å²) in [6, 6.07) is 16.7. The topological polar surface area (TPSA) is 139 Å². The number of carbonyl (C=O) groups is 2. The van der Waals surface area contributed by atoms with Crippen LogP contribution in [0.2, 0.25) is 0 Å². The molecule has 0 saturated carbocycles. The molecule has 0 heterocycles. The normalized spacial score (nSPS) is 12.6. The maximum atomic E-state index is 14.9. The predicted octanol–water partition coefficient (Wildman–Crippen LogP) is 4.06. The Kier molecular flexibility index (Phi) is 11.2. The summed E-state index contributed by atoms with van der Waals surface area (Å²) in [6.07, 6.45) is 1.51. The van der Waals surface area contributed by atoms with Crippen molar-refractivity contribution in [1.29, 1.82) is 0 Å². The van der Waals surface area contributed by atoms with Gasteiger partial charge in [-0.2, -0.15) is 0 Å². The number of amides is 2. The molecule has 0 aliphatic rings. The fourth-order valence-electron chi connectivity index (χ4n) is 4.39. The summed E-state index contributed by atoms with van der Waals surface area (Å²) >= 11 is 0. The number of nitro benzene ring substituents is 1. The molecule has 0 bridgehead atoms. The van der Waals surface area contributed by atoms with Gasteiger partial charge < -0.3 is 15.0 Å². The number of carbonyl (C=O) groups excluding carboxylic acids is 2. The molecular formula is C30H35FN4O7S. The quantitative estimate of drug-likeness (QED) is 0.213. The van der Waals surface area contributed by atoms with E-state index in [1.807, 2.05) is 6.92 Å². The second kappa shape index (κ2) is 14.6. The van der Waals surface area contributed by atoms with Crippen molar-refractivity contribution >= 4 is 33.2 Å². The molecule has 0 aromatic heterocycles. The zero-order valence-corrected chi connectivity index (χ0v) is 25.2. The van der Waals surface area contributed by atoms with Gasteiger partial charge in [0.15, 0.2) is 0 Å². The van der Waals surface area contributed by atoms with E-state index < -0.39 is 50.9 Å². The van der Waals surface area contributed by atoms with Gasteiger partial charge in [0.25, 0.3) is 5.69 Å². The Morgan fingerprint density at radius 1 is 1.07 bits per heavy atom. The molecular weight excluding hydrogens is 579 g/mol. The van der Waals surface area contributed by atoms with Crippen LogP contribution < -0.4 is 14.4 Å². The molecule has 11 nitrogen and oxygen atoms in total. The second-order valence-electron chi connectivity index (χ2n) is 10.0. The molecule has 0 spiro atoms. The van der Waals surface area contributed by atoms with E-state index in [2.05, 4.69) is 5.32 Å². The van der Waals surface area contributed by atoms with Gasteiger partial charge in [0.2, 0.25) is 21.8 Å². The molecule has 13 heteroatoms. The average molecular weight is 615 g/mol. The van der Waals surface area contributed by atoms with Crippen LogP contribution in [0, 0.1) is 15.9 Å². The number of rotatable bonds is 14. The van der Waals surface area contributed by atoms with Crippen molar-refractivity contribution in [3.8, 4) is 5.75 Å². The summed E-state index contributed by atoms with van der Waals surface area (Å²) in [5, 5.41) is 14.4. The highest BCUT2D eigenvalue weighted by atomic mass is 32.2. The third-order valence-corrected chi connectivity index (χ3v) is 8.02. The number of nitrogens with one attached hydrogen (secondary N) is 1. The average Bonchev–Trinajstić information content (AvgIpc) is 2.97. The first-order valence-electron chi connectivity index (χ1n) is 13.5. The number of methoxy groups -OCH3 is 1. The second-order valence-corrected chi connectivity index (χ2v) is 11.9. The molecule has 43 heavy (non-hydrogen) atoms. The number of sulfonamides is 1. The summed E-state index contributed by atoms with van der Waals surface area (Å²) in [5.41, 5.74) is 0.180. The van der Waals surface area contributed by atoms with Gasteiger partial charge in [-0.05, 0) is 31.0 Å². The van der Waals surface area contributed by atoms with Crippen LogP contribution in [0.1, 0.15) is 31.4 Å². The number of nitrogens with zero attached hydrogens (tertiary/aromatic N) is 3. The molecule has 0 radical (unpaired) electrons. The summed E-state index contributed by atoms with van der Waals surface area (Å²) in [5.74, 6) is -1.97. The van der Waals surface area contributed by atoms with Gasteiger partial charge in [0.05, 0.1) is 18.3 Å². The lowest BCUT2D eigenvalue weighted by Crippen LogP contribution is -2.54. The van der Waals surface area contributed by atoms with Crippen molar-refractivity contribution in [1.82, 2.24) is 10.2 Å². The zero-order valence-electron chi connectivity index (χ0n) is 24.4. The molecule has 1 N–H and O–H groups in total. The van der Waals surface area contributed by atoms with Gasteiger partial charge in [0, 0.05) is 36.7 Å². The highest BCUT2D eigenvalue weighted by Crippen LogP contribution is 2.34. The third-order valence-electron chi connectivity index (χ3n) is 6.89. The summed E-state index contributed by atoms with van der Waals surface area (Å²) < 4.78 is 46.9. The first kappa shape index (κ1) is 33.0. The molecule has 0 saturated heterocycles. The number of hydrogen-bond donors (Lipinski definition) is 1. The van der Waals surface area contributed by atoms with E-state index >= 15 is 0 Å². The minimum atomic E-state index is -4.22. The summed E-state index contributed by atoms with van der Waals surface area (Å²) in [7, 11) is -2.97. The van der Waals surface area contributed by atoms with Crippen LogP contribution in [0.25, 0.3) is 0 Å². The summed E-state index contributed by atoms with van der Waals surface area (Å²) in [4.78, 5) is 39.8. The third kappa shape index (κ3) is 8.74. The zero-order chi connectivity index (χ0) is 31.7. The lowest BCUT2D eigenvalue weighted by molar-refractivity contribution is -0.384. The minimum absolute atomic E-state index is 0.0279. The molecule has 2 amide bonds. The number of hydrogen-bond acceptors (Lipinski definition) is 7. The number of benzene rings is 3. The van der Waals surface area contributed by atoms with Crippen LogP contribution in [-0.4, -0.2) is 62.0 Å². The van der Waals surface area contributed by atoms with Gasteiger partial charge in [-0.25, -0.2) is 12.8 Å².